The molecule has 0 aromatic rings. The van der Waals surface area contributed by atoms with Gasteiger partial charge in [0.15, 0.2) is 11.6 Å². The highest BCUT2D eigenvalue weighted by Crippen LogP contribution is 2.45. The average molecular weight is 286 g/mol. The third-order valence-corrected chi connectivity index (χ3v) is 4.34. The fourth-order valence-corrected chi connectivity index (χ4v) is 3.24. The topological polar surface area (TPSA) is 77.5 Å². The van der Waals surface area contributed by atoms with E-state index in [-0.39, 0.29) is 35.1 Å². The molecule has 0 amide bonds. The SMILES string of the molecule is CC1=CC(=O)C2=C(C1=O)C1(CCC2C)OC(=O)C=CC1=O. The zero-order valence-corrected chi connectivity index (χ0v) is 11.8. The molecule has 0 aromatic carbocycles. The van der Waals surface area contributed by atoms with E-state index < -0.39 is 17.4 Å². The second-order valence-electron chi connectivity index (χ2n) is 5.69. The summed E-state index contributed by atoms with van der Waals surface area (Å²) in [6.45, 7) is 3.37. The van der Waals surface area contributed by atoms with Crippen LogP contribution in [0.3, 0.4) is 0 Å². The molecule has 2 aliphatic carbocycles. The van der Waals surface area contributed by atoms with Crippen molar-refractivity contribution in [2.24, 2.45) is 5.92 Å². The molecule has 0 saturated carbocycles. The first-order chi connectivity index (χ1) is 9.86. The van der Waals surface area contributed by atoms with Crippen LogP contribution in [-0.4, -0.2) is 28.9 Å². The molecule has 0 N–H and O–H groups in total. The average Bonchev–Trinajstić information content (AvgIpc) is 2.43. The van der Waals surface area contributed by atoms with Crippen molar-refractivity contribution in [3.63, 3.8) is 0 Å². The number of hydrogen-bond acceptors (Lipinski definition) is 5. The van der Waals surface area contributed by atoms with Crippen LogP contribution in [0.4, 0.5) is 0 Å². The largest absolute Gasteiger partial charge is 0.442 e. The number of carbonyl (C=O) groups excluding carboxylic acids is 4. The molecular weight excluding hydrogens is 272 g/mol. The van der Waals surface area contributed by atoms with Gasteiger partial charge in [0.05, 0.1) is 5.57 Å². The van der Waals surface area contributed by atoms with Crippen LogP contribution in [0.5, 0.6) is 0 Å². The van der Waals surface area contributed by atoms with Gasteiger partial charge < -0.3 is 4.74 Å². The smallest absolute Gasteiger partial charge is 0.332 e. The molecule has 2 unspecified atom stereocenters. The minimum absolute atomic E-state index is 0.0638. The maximum atomic E-state index is 12.5. The Labute approximate surface area is 121 Å². The van der Waals surface area contributed by atoms with E-state index >= 15 is 0 Å². The van der Waals surface area contributed by atoms with Gasteiger partial charge in [0, 0.05) is 17.2 Å². The third-order valence-electron chi connectivity index (χ3n) is 4.34. The molecule has 0 bridgehead atoms. The first-order valence-electron chi connectivity index (χ1n) is 6.84. The van der Waals surface area contributed by atoms with Gasteiger partial charge in [-0.05, 0) is 37.8 Å². The number of ether oxygens (including phenoxy) is 1. The second-order valence-corrected chi connectivity index (χ2v) is 5.69. The Bertz CT molecular complexity index is 691. The molecule has 1 spiro atoms. The maximum Gasteiger partial charge on any atom is 0.332 e. The third kappa shape index (κ3) is 1.77. The molecule has 0 saturated heterocycles. The first-order valence-corrected chi connectivity index (χ1v) is 6.84. The molecule has 21 heavy (non-hydrogen) atoms. The lowest BCUT2D eigenvalue weighted by Gasteiger charge is -2.41. The van der Waals surface area contributed by atoms with Crippen molar-refractivity contribution < 1.29 is 23.9 Å². The van der Waals surface area contributed by atoms with E-state index in [0.29, 0.717) is 12.0 Å². The molecule has 0 radical (unpaired) electrons. The number of esters is 1. The molecule has 5 heteroatoms. The molecule has 5 nitrogen and oxygen atoms in total. The fourth-order valence-electron chi connectivity index (χ4n) is 3.24. The molecule has 2 atom stereocenters. The summed E-state index contributed by atoms with van der Waals surface area (Å²) in [4.78, 5) is 48.8. The van der Waals surface area contributed by atoms with Crippen molar-refractivity contribution >= 4 is 23.3 Å². The summed E-state index contributed by atoms with van der Waals surface area (Å²) in [6, 6.07) is 0. The predicted molar refractivity (Wildman–Crippen MR) is 72.2 cm³/mol. The Balaban J connectivity index is 2.27. The van der Waals surface area contributed by atoms with Crippen LogP contribution in [0.1, 0.15) is 26.7 Å². The van der Waals surface area contributed by atoms with Crippen LogP contribution >= 0.6 is 0 Å². The number of Topliss-reactive ketones (excluding diaryl/α,β-unsaturated/α-hetero) is 1. The van der Waals surface area contributed by atoms with Gasteiger partial charge in [-0.15, -0.1) is 0 Å². The lowest BCUT2D eigenvalue weighted by molar-refractivity contribution is -0.161. The van der Waals surface area contributed by atoms with Gasteiger partial charge >= 0.3 is 5.97 Å². The highest BCUT2D eigenvalue weighted by atomic mass is 16.6. The van der Waals surface area contributed by atoms with Crippen molar-refractivity contribution in [3.05, 3.63) is 34.9 Å². The van der Waals surface area contributed by atoms with Crippen LogP contribution in [0.25, 0.3) is 0 Å². The lowest BCUT2D eigenvalue weighted by Crippen LogP contribution is -2.52. The van der Waals surface area contributed by atoms with E-state index in [4.69, 9.17) is 4.74 Å². The Morgan fingerprint density at radius 3 is 2.62 bits per heavy atom. The van der Waals surface area contributed by atoms with Crippen molar-refractivity contribution in [1.29, 1.82) is 0 Å². The summed E-state index contributed by atoms with van der Waals surface area (Å²) in [5.74, 6) is -1.90. The molecule has 0 fully saturated rings. The Hall–Kier alpha value is -2.30. The number of hydrogen-bond donors (Lipinski definition) is 0. The van der Waals surface area contributed by atoms with Gasteiger partial charge in [-0.2, -0.15) is 0 Å². The zero-order chi connectivity index (χ0) is 15.4. The van der Waals surface area contributed by atoms with Gasteiger partial charge in [0.25, 0.3) is 0 Å². The van der Waals surface area contributed by atoms with E-state index in [1.165, 1.54) is 13.0 Å². The van der Waals surface area contributed by atoms with Gasteiger partial charge in [0.1, 0.15) is 0 Å². The number of carbonyl (C=O) groups is 4. The van der Waals surface area contributed by atoms with Crippen molar-refractivity contribution in [3.8, 4) is 0 Å². The molecule has 3 aliphatic rings. The maximum absolute atomic E-state index is 12.5. The van der Waals surface area contributed by atoms with Crippen molar-refractivity contribution in [2.45, 2.75) is 32.3 Å². The van der Waals surface area contributed by atoms with E-state index in [1.54, 1.807) is 0 Å². The van der Waals surface area contributed by atoms with Crippen LogP contribution in [0, 0.1) is 5.92 Å². The van der Waals surface area contributed by atoms with Gasteiger partial charge in [0.2, 0.25) is 11.4 Å². The fraction of sp³-hybridized carbons (Fsp3) is 0.375. The van der Waals surface area contributed by atoms with Crippen LogP contribution in [-0.2, 0) is 23.9 Å². The normalized spacial score (nSPS) is 32.3. The van der Waals surface area contributed by atoms with Crippen molar-refractivity contribution in [2.75, 3.05) is 0 Å². The monoisotopic (exact) mass is 286 g/mol. The highest BCUT2D eigenvalue weighted by molar-refractivity contribution is 6.27. The first kappa shape index (κ1) is 13.7. The Morgan fingerprint density at radius 2 is 1.90 bits per heavy atom. The Kier molecular flexibility index (Phi) is 2.83. The van der Waals surface area contributed by atoms with Crippen molar-refractivity contribution in [1.82, 2.24) is 0 Å². The van der Waals surface area contributed by atoms with Crippen LogP contribution in [0.2, 0.25) is 0 Å². The second kappa shape index (κ2) is 4.35. The molecular formula is C16H14O5. The summed E-state index contributed by atoms with van der Waals surface area (Å²) in [6.07, 6.45) is 4.22. The van der Waals surface area contributed by atoms with Gasteiger partial charge in [-0.3, -0.25) is 14.4 Å². The Morgan fingerprint density at radius 1 is 1.19 bits per heavy atom. The minimum Gasteiger partial charge on any atom is -0.442 e. The molecule has 1 heterocycles. The summed E-state index contributed by atoms with van der Waals surface area (Å²) in [5.41, 5.74) is -0.969. The number of allylic oxidation sites excluding steroid dienone is 3. The van der Waals surface area contributed by atoms with E-state index in [2.05, 4.69) is 0 Å². The molecule has 1 aliphatic heterocycles. The van der Waals surface area contributed by atoms with E-state index in [0.717, 1.165) is 12.2 Å². The standard InChI is InChI=1S/C16H14O5/c1-8-5-6-16(11(18)3-4-12(19)21-16)14-13(8)10(17)7-9(2)15(14)20/h3-4,7-8H,5-6H2,1-2H3. The van der Waals surface area contributed by atoms with Gasteiger partial charge in [-0.1, -0.05) is 6.92 Å². The van der Waals surface area contributed by atoms with E-state index in [1.807, 2.05) is 6.92 Å². The number of rotatable bonds is 0. The quantitative estimate of drug-likeness (QED) is 0.494. The van der Waals surface area contributed by atoms with Crippen LogP contribution in [0.15, 0.2) is 34.9 Å². The summed E-state index contributed by atoms with van der Waals surface area (Å²) >= 11 is 0. The van der Waals surface area contributed by atoms with E-state index in [9.17, 15) is 19.2 Å². The number of fused-ring (bicyclic) bond motifs is 1. The highest BCUT2D eigenvalue weighted by Gasteiger charge is 2.54. The number of ketones is 3. The van der Waals surface area contributed by atoms with Gasteiger partial charge in [-0.25, -0.2) is 4.79 Å². The zero-order valence-electron chi connectivity index (χ0n) is 11.8. The predicted octanol–water partition coefficient (Wildman–Crippen LogP) is 1.23. The van der Waals surface area contributed by atoms with Crippen LogP contribution < -0.4 is 0 Å². The molecule has 108 valence electrons. The summed E-state index contributed by atoms with van der Waals surface area (Å²) in [5, 5.41) is 0. The summed E-state index contributed by atoms with van der Waals surface area (Å²) in [7, 11) is 0. The molecule has 3 rings (SSSR count). The minimum atomic E-state index is -1.62. The molecule has 0 aromatic heterocycles. The summed E-state index contributed by atoms with van der Waals surface area (Å²) < 4.78 is 5.28. The lowest BCUT2D eigenvalue weighted by atomic mass is 9.66.